The number of benzene rings is 8. The van der Waals surface area contributed by atoms with E-state index in [9.17, 15) is 0 Å². The van der Waals surface area contributed by atoms with E-state index in [0.717, 1.165) is 89.4 Å². The molecule has 3 heterocycles. The van der Waals surface area contributed by atoms with Crippen LogP contribution in [0.25, 0.3) is 101 Å². The molecule has 5 nitrogen and oxygen atoms in total. The zero-order chi connectivity index (χ0) is 38.2. The molecule has 5 heteroatoms. The lowest BCUT2D eigenvalue weighted by Crippen LogP contribution is -2.19. The third kappa shape index (κ3) is 5.21. The molecule has 0 N–H and O–H groups in total. The summed E-state index contributed by atoms with van der Waals surface area (Å²) in [6, 6.07) is 61.1. The van der Waals surface area contributed by atoms with Crippen LogP contribution in [0.3, 0.4) is 0 Å². The summed E-state index contributed by atoms with van der Waals surface area (Å²) in [5.41, 5.74) is 13.7. The number of fused-ring (bicyclic) bond motifs is 8. The van der Waals surface area contributed by atoms with Crippen LogP contribution < -0.4 is 4.74 Å². The van der Waals surface area contributed by atoms with Crippen molar-refractivity contribution in [1.29, 1.82) is 0 Å². The van der Waals surface area contributed by atoms with Crippen LogP contribution >= 0.6 is 0 Å². The Labute approximate surface area is 334 Å². The summed E-state index contributed by atoms with van der Waals surface area (Å²) in [4.78, 5) is 15.5. The van der Waals surface area contributed by atoms with Gasteiger partial charge >= 0.3 is 0 Å². The Bertz CT molecular complexity index is 3290. The van der Waals surface area contributed by atoms with Gasteiger partial charge in [0.1, 0.15) is 23.0 Å². The summed E-state index contributed by atoms with van der Waals surface area (Å²) in [7, 11) is 0. The maximum Gasteiger partial charge on any atom is 0.164 e. The average molecular weight is 744 g/mol. The Morgan fingerprint density at radius 1 is 0.466 bits per heavy atom. The van der Waals surface area contributed by atoms with Crippen LogP contribution in [-0.4, -0.2) is 21.1 Å². The lowest BCUT2D eigenvalue weighted by molar-refractivity contribution is 0.277. The molecule has 58 heavy (non-hydrogen) atoms. The summed E-state index contributed by atoms with van der Waals surface area (Å²) in [5, 5.41) is 4.18. The van der Waals surface area contributed by atoms with Gasteiger partial charge in [-0.2, -0.15) is 0 Å². The minimum Gasteiger partial charge on any atom is -0.484 e. The zero-order valence-corrected chi connectivity index (χ0v) is 31.3. The number of ether oxygens (including phenoxy) is 1. The molecule has 1 aliphatic heterocycles. The van der Waals surface area contributed by atoms with Crippen LogP contribution in [0.15, 0.2) is 180 Å². The van der Waals surface area contributed by atoms with Crippen molar-refractivity contribution in [1.82, 2.24) is 15.0 Å². The summed E-state index contributed by atoms with van der Waals surface area (Å²) in [5.74, 6) is 2.76. The van der Waals surface area contributed by atoms with E-state index in [1.165, 1.54) is 16.7 Å². The van der Waals surface area contributed by atoms with E-state index >= 15 is 0 Å². The van der Waals surface area contributed by atoms with Crippen molar-refractivity contribution in [2.75, 3.05) is 0 Å². The summed E-state index contributed by atoms with van der Waals surface area (Å²) >= 11 is 0. The molecule has 0 fully saturated rings. The lowest BCUT2D eigenvalue weighted by Gasteiger charge is -2.20. The highest BCUT2D eigenvalue weighted by Gasteiger charge is 2.36. The highest BCUT2D eigenvalue weighted by Crippen LogP contribution is 2.52. The van der Waals surface area contributed by atoms with Gasteiger partial charge in [-0.05, 0) is 68.9 Å². The Kier molecular flexibility index (Phi) is 7.29. The SMILES string of the molecule is C1=C2c3c(-c4ccc5oc6cccc(-c7nc(-c8ccccc8)nc(-c8cccc9ccccc89)n7)c6c5c4)ccc(-c4ccccc4)c3OC2Cc2ccccc21. The van der Waals surface area contributed by atoms with Crippen molar-refractivity contribution in [3.8, 4) is 62.2 Å². The molecule has 12 rings (SSSR count). The molecule has 272 valence electrons. The van der Waals surface area contributed by atoms with Gasteiger partial charge in [0.15, 0.2) is 17.5 Å². The number of nitrogens with zero attached hydrogens (tertiary/aromatic N) is 3. The van der Waals surface area contributed by atoms with E-state index in [0.29, 0.717) is 17.5 Å². The fourth-order valence-electron chi connectivity index (χ4n) is 8.92. The predicted molar refractivity (Wildman–Crippen MR) is 234 cm³/mol. The Morgan fingerprint density at radius 3 is 2.03 bits per heavy atom. The monoisotopic (exact) mass is 743 g/mol. The van der Waals surface area contributed by atoms with Gasteiger partial charge in [0.05, 0.1) is 0 Å². The van der Waals surface area contributed by atoms with Gasteiger partial charge in [-0.1, -0.05) is 152 Å². The first kappa shape index (κ1) is 32.6. The first-order valence-corrected chi connectivity index (χ1v) is 19.7. The number of hydrogen-bond acceptors (Lipinski definition) is 5. The highest BCUT2D eigenvalue weighted by molar-refractivity contribution is 6.13. The molecule has 1 aliphatic carbocycles. The van der Waals surface area contributed by atoms with Crippen molar-refractivity contribution in [3.05, 3.63) is 193 Å². The average Bonchev–Trinajstić information content (AvgIpc) is 3.86. The topological polar surface area (TPSA) is 61.0 Å². The van der Waals surface area contributed by atoms with Crippen LogP contribution in [0.2, 0.25) is 0 Å². The maximum atomic E-state index is 6.95. The maximum absolute atomic E-state index is 6.95. The van der Waals surface area contributed by atoms with Gasteiger partial charge in [0.2, 0.25) is 0 Å². The van der Waals surface area contributed by atoms with E-state index in [-0.39, 0.29) is 6.10 Å². The van der Waals surface area contributed by atoms with E-state index in [1.807, 2.05) is 42.5 Å². The van der Waals surface area contributed by atoms with Gasteiger partial charge in [-0.25, -0.2) is 15.0 Å². The molecule has 0 saturated carbocycles. The molecule has 0 amide bonds. The molecule has 0 bridgehead atoms. The molecule has 0 saturated heterocycles. The van der Waals surface area contributed by atoms with Crippen molar-refractivity contribution in [3.63, 3.8) is 0 Å². The third-order valence-electron chi connectivity index (χ3n) is 11.7. The van der Waals surface area contributed by atoms with Crippen LogP contribution in [0.5, 0.6) is 5.75 Å². The normalized spacial score (nSPS) is 14.2. The van der Waals surface area contributed by atoms with Crippen LogP contribution in [-0.2, 0) is 6.42 Å². The molecule has 0 spiro atoms. The van der Waals surface area contributed by atoms with Gasteiger partial charge in [0, 0.05) is 50.6 Å². The van der Waals surface area contributed by atoms with Crippen LogP contribution in [0.1, 0.15) is 16.7 Å². The van der Waals surface area contributed by atoms with Crippen molar-refractivity contribution in [2.45, 2.75) is 12.5 Å². The Hall–Kier alpha value is -7.63. The molecule has 0 radical (unpaired) electrons. The fourth-order valence-corrected chi connectivity index (χ4v) is 8.92. The number of hydrogen-bond donors (Lipinski definition) is 0. The van der Waals surface area contributed by atoms with Gasteiger partial charge in [-0.15, -0.1) is 0 Å². The summed E-state index contributed by atoms with van der Waals surface area (Å²) in [6.07, 6.45) is 3.10. The third-order valence-corrected chi connectivity index (χ3v) is 11.7. The summed E-state index contributed by atoms with van der Waals surface area (Å²) < 4.78 is 13.5. The standard InChI is InChI=1S/C53H33N3O2/c1-3-13-33(14-4-1)40-27-26-39(49-44-29-35-18-7-8-19-36(35)31-47(44)58-50(40)49)37-25-28-45-43(30-37)48-42(23-12-24-46(48)57-45)53-55-51(34-16-5-2-6-17-34)54-52(56-53)41-22-11-20-32-15-9-10-21-38(32)41/h1-30,47H,31H2. The smallest absolute Gasteiger partial charge is 0.164 e. The predicted octanol–water partition coefficient (Wildman–Crippen LogP) is 13.1. The van der Waals surface area contributed by atoms with E-state index < -0.39 is 0 Å². The molecular weight excluding hydrogens is 711 g/mol. The molecule has 2 aromatic heterocycles. The van der Waals surface area contributed by atoms with Gasteiger partial charge < -0.3 is 9.15 Å². The Balaban J connectivity index is 1.07. The molecule has 1 atom stereocenters. The zero-order valence-electron chi connectivity index (χ0n) is 31.3. The molecule has 8 aromatic carbocycles. The first-order chi connectivity index (χ1) is 28.7. The second-order valence-corrected chi connectivity index (χ2v) is 15.0. The minimum atomic E-state index is -0.0582. The number of aromatic nitrogens is 3. The van der Waals surface area contributed by atoms with Crippen molar-refractivity contribution < 1.29 is 9.15 Å². The molecule has 2 aliphatic rings. The lowest BCUT2D eigenvalue weighted by atomic mass is 9.84. The van der Waals surface area contributed by atoms with E-state index in [4.69, 9.17) is 24.1 Å². The fraction of sp³-hybridized carbons (Fsp3) is 0.0377. The first-order valence-electron chi connectivity index (χ1n) is 19.7. The second-order valence-electron chi connectivity index (χ2n) is 15.0. The van der Waals surface area contributed by atoms with Gasteiger partial charge in [-0.3, -0.25) is 0 Å². The number of rotatable bonds is 5. The minimum absolute atomic E-state index is 0.0582. The van der Waals surface area contributed by atoms with Crippen molar-refractivity contribution >= 4 is 44.4 Å². The van der Waals surface area contributed by atoms with Crippen LogP contribution in [0.4, 0.5) is 0 Å². The Morgan fingerprint density at radius 2 is 1.16 bits per heavy atom. The van der Waals surface area contributed by atoms with Crippen molar-refractivity contribution in [2.24, 2.45) is 0 Å². The summed E-state index contributed by atoms with van der Waals surface area (Å²) in [6.45, 7) is 0. The quantitative estimate of drug-likeness (QED) is 0.176. The number of furan rings is 1. The van der Waals surface area contributed by atoms with E-state index in [2.05, 4.69) is 140 Å². The van der Waals surface area contributed by atoms with Crippen LogP contribution in [0, 0.1) is 0 Å². The second kappa shape index (κ2) is 13.0. The molecular formula is C53H33N3O2. The highest BCUT2D eigenvalue weighted by atomic mass is 16.5. The van der Waals surface area contributed by atoms with E-state index in [1.54, 1.807) is 0 Å². The largest absolute Gasteiger partial charge is 0.484 e. The van der Waals surface area contributed by atoms with Gasteiger partial charge in [0.25, 0.3) is 0 Å². The molecule has 1 unspecified atom stereocenters. The molecule has 10 aromatic rings.